The molecule has 0 bridgehead atoms. The van der Waals surface area contributed by atoms with Crippen molar-refractivity contribution in [1.29, 1.82) is 0 Å². The Bertz CT molecular complexity index is 334. The Balaban J connectivity index is 4.76. The summed E-state index contributed by atoms with van der Waals surface area (Å²) < 4.78 is 0. The first-order valence-corrected chi connectivity index (χ1v) is 7.16. The number of carbonyl (C=O) groups is 3. The minimum absolute atomic E-state index is 0.0327. The third kappa shape index (κ3) is 5.69. The van der Waals surface area contributed by atoms with Crippen LogP contribution >= 0.6 is 0 Å². The zero-order valence-corrected chi connectivity index (χ0v) is 12.8. The second kappa shape index (κ2) is 9.47. The van der Waals surface area contributed by atoms with E-state index in [1.165, 1.54) is 0 Å². The van der Waals surface area contributed by atoms with Crippen molar-refractivity contribution in [3.63, 3.8) is 0 Å². The van der Waals surface area contributed by atoms with Crippen LogP contribution in [0.4, 0.5) is 0 Å². The van der Waals surface area contributed by atoms with Crippen molar-refractivity contribution in [2.75, 3.05) is 6.54 Å². The molecule has 0 heterocycles. The lowest BCUT2D eigenvalue weighted by Crippen LogP contribution is -2.55. The number of carbonyl (C=O) groups excluding carboxylic acids is 3. The summed E-state index contributed by atoms with van der Waals surface area (Å²) in [6.45, 7) is 7.61. The molecule has 2 amide bonds. The SMILES string of the molecule is CC[C@H](C)[C@H](N)C(=O)N[C@H](C(=O)NCC=O)[C@@H](C)CC. The van der Waals surface area contributed by atoms with Crippen LogP contribution in [0.2, 0.25) is 0 Å². The Morgan fingerprint density at radius 1 is 1.10 bits per heavy atom. The minimum Gasteiger partial charge on any atom is -0.348 e. The highest BCUT2D eigenvalue weighted by Crippen LogP contribution is 2.10. The molecule has 0 aliphatic rings. The van der Waals surface area contributed by atoms with Crippen LogP contribution in [0, 0.1) is 11.8 Å². The number of amides is 2. The largest absolute Gasteiger partial charge is 0.348 e. The fraction of sp³-hybridized carbons (Fsp3) is 0.786. The molecule has 0 rings (SSSR count). The van der Waals surface area contributed by atoms with Gasteiger partial charge in [0.25, 0.3) is 0 Å². The van der Waals surface area contributed by atoms with Crippen LogP contribution in [-0.2, 0) is 14.4 Å². The summed E-state index contributed by atoms with van der Waals surface area (Å²) in [5.74, 6) is -0.664. The maximum Gasteiger partial charge on any atom is 0.243 e. The molecule has 0 saturated carbocycles. The summed E-state index contributed by atoms with van der Waals surface area (Å²) in [5, 5.41) is 5.17. The summed E-state index contributed by atoms with van der Waals surface area (Å²) in [7, 11) is 0. The van der Waals surface area contributed by atoms with Crippen molar-refractivity contribution in [1.82, 2.24) is 10.6 Å². The van der Waals surface area contributed by atoms with Gasteiger partial charge in [-0.1, -0.05) is 40.5 Å². The molecule has 0 aromatic heterocycles. The highest BCUT2D eigenvalue weighted by atomic mass is 16.2. The van der Waals surface area contributed by atoms with Gasteiger partial charge in [0.15, 0.2) is 0 Å². The summed E-state index contributed by atoms with van der Waals surface area (Å²) in [6, 6.07) is -1.30. The molecule has 20 heavy (non-hydrogen) atoms. The Kier molecular flexibility index (Phi) is 8.79. The first-order valence-electron chi connectivity index (χ1n) is 7.16. The standard InChI is InChI=1S/C14H27N3O3/c1-5-9(3)11(15)13(19)17-12(10(4)6-2)14(20)16-7-8-18/h8-12H,5-7,15H2,1-4H3,(H,16,20)(H,17,19)/t9-,10-,11-,12-/m0/s1. The van der Waals surface area contributed by atoms with Gasteiger partial charge in [-0.15, -0.1) is 0 Å². The molecule has 4 atom stereocenters. The number of aldehydes is 1. The fourth-order valence-corrected chi connectivity index (χ4v) is 1.72. The molecular weight excluding hydrogens is 258 g/mol. The maximum absolute atomic E-state index is 12.1. The van der Waals surface area contributed by atoms with E-state index in [9.17, 15) is 14.4 Å². The van der Waals surface area contributed by atoms with E-state index >= 15 is 0 Å². The van der Waals surface area contributed by atoms with Crippen LogP contribution in [0.25, 0.3) is 0 Å². The molecule has 116 valence electrons. The zero-order chi connectivity index (χ0) is 15.7. The Morgan fingerprint density at radius 2 is 1.65 bits per heavy atom. The highest BCUT2D eigenvalue weighted by molar-refractivity contribution is 5.90. The zero-order valence-electron chi connectivity index (χ0n) is 12.8. The number of hydrogen-bond donors (Lipinski definition) is 3. The van der Waals surface area contributed by atoms with Crippen molar-refractivity contribution in [2.45, 2.75) is 52.6 Å². The number of nitrogens with two attached hydrogens (primary N) is 1. The summed E-state index contributed by atoms with van der Waals surface area (Å²) in [4.78, 5) is 34.3. The molecular formula is C14H27N3O3. The van der Waals surface area contributed by atoms with Gasteiger partial charge in [-0.3, -0.25) is 9.59 Å². The number of hydrogen-bond acceptors (Lipinski definition) is 4. The predicted octanol–water partition coefficient (Wildman–Crippen LogP) is 0.206. The van der Waals surface area contributed by atoms with Crippen molar-refractivity contribution in [3.8, 4) is 0 Å². The van der Waals surface area contributed by atoms with E-state index in [4.69, 9.17) is 5.73 Å². The van der Waals surface area contributed by atoms with Gasteiger partial charge in [-0.05, 0) is 11.8 Å². The molecule has 6 nitrogen and oxygen atoms in total. The van der Waals surface area contributed by atoms with E-state index in [2.05, 4.69) is 10.6 Å². The third-order valence-corrected chi connectivity index (χ3v) is 3.71. The van der Waals surface area contributed by atoms with Crippen LogP contribution in [0.1, 0.15) is 40.5 Å². The van der Waals surface area contributed by atoms with E-state index in [0.717, 1.165) is 12.8 Å². The lowest BCUT2D eigenvalue weighted by atomic mass is 9.95. The Labute approximate surface area is 120 Å². The monoisotopic (exact) mass is 285 g/mol. The van der Waals surface area contributed by atoms with Gasteiger partial charge in [0.2, 0.25) is 11.8 Å². The second-order valence-corrected chi connectivity index (χ2v) is 5.19. The highest BCUT2D eigenvalue weighted by Gasteiger charge is 2.28. The van der Waals surface area contributed by atoms with E-state index < -0.39 is 12.1 Å². The van der Waals surface area contributed by atoms with Gasteiger partial charge >= 0.3 is 0 Å². The van der Waals surface area contributed by atoms with Gasteiger partial charge in [-0.25, -0.2) is 0 Å². The quantitative estimate of drug-likeness (QED) is 0.527. The van der Waals surface area contributed by atoms with Gasteiger partial charge in [0, 0.05) is 0 Å². The molecule has 6 heteroatoms. The van der Waals surface area contributed by atoms with E-state index in [1.54, 1.807) is 0 Å². The molecule has 0 aromatic rings. The first-order chi connectivity index (χ1) is 9.38. The van der Waals surface area contributed by atoms with Crippen LogP contribution in [0.15, 0.2) is 0 Å². The van der Waals surface area contributed by atoms with E-state index in [1.807, 2.05) is 27.7 Å². The third-order valence-electron chi connectivity index (χ3n) is 3.71. The van der Waals surface area contributed by atoms with Gasteiger partial charge in [0.05, 0.1) is 12.6 Å². The number of rotatable bonds is 9. The molecule has 0 saturated heterocycles. The normalized spacial score (nSPS) is 16.6. The molecule has 4 N–H and O–H groups in total. The van der Waals surface area contributed by atoms with Crippen LogP contribution in [0.5, 0.6) is 0 Å². The predicted molar refractivity (Wildman–Crippen MR) is 77.9 cm³/mol. The van der Waals surface area contributed by atoms with Crippen molar-refractivity contribution in [3.05, 3.63) is 0 Å². The molecule has 0 unspecified atom stereocenters. The van der Waals surface area contributed by atoms with Crippen LogP contribution in [0.3, 0.4) is 0 Å². The Hall–Kier alpha value is -1.43. The smallest absolute Gasteiger partial charge is 0.243 e. The minimum atomic E-state index is -0.664. The van der Waals surface area contributed by atoms with E-state index in [-0.39, 0.29) is 30.2 Å². The van der Waals surface area contributed by atoms with Gasteiger partial charge in [0.1, 0.15) is 12.3 Å². The van der Waals surface area contributed by atoms with E-state index in [0.29, 0.717) is 6.29 Å². The average molecular weight is 285 g/mol. The number of nitrogens with one attached hydrogen (secondary N) is 2. The molecule has 0 aliphatic carbocycles. The lowest BCUT2D eigenvalue weighted by Gasteiger charge is -2.26. The van der Waals surface area contributed by atoms with Crippen molar-refractivity contribution >= 4 is 18.1 Å². The average Bonchev–Trinajstić information content (AvgIpc) is 2.47. The second-order valence-electron chi connectivity index (χ2n) is 5.19. The van der Waals surface area contributed by atoms with Crippen molar-refractivity contribution in [2.24, 2.45) is 17.6 Å². The van der Waals surface area contributed by atoms with Crippen molar-refractivity contribution < 1.29 is 14.4 Å². The molecule has 0 aliphatic heterocycles. The molecule has 0 aromatic carbocycles. The topological polar surface area (TPSA) is 101 Å². The Morgan fingerprint density at radius 3 is 2.10 bits per heavy atom. The summed E-state index contributed by atoms with van der Waals surface area (Å²) >= 11 is 0. The van der Waals surface area contributed by atoms with Crippen LogP contribution in [-0.4, -0.2) is 36.7 Å². The molecule has 0 radical (unpaired) electrons. The molecule has 0 spiro atoms. The summed E-state index contributed by atoms with van der Waals surface area (Å²) in [6.07, 6.45) is 2.14. The molecule has 0 fully saturated rings. The first kappa shape index (κ1) is 18.6. The lowest BCUT2D eigenvalue weighted by molar-refractivity contribution is -0.131. The fourth-order valence-electron chi connectivity index (χ4n) is 1.72. The summed E-state index contributed by atoms with van der Waals surface area (Å²) in [5.41, 5.74) is 5.86. The maximum atomic E-state index is 12.1. The van der Waals surface area contributed by atoms with Gasteiger partial charge in [-0.2, -0.15) is 0 Å². The van der Waals surface area contributed by atoms with Gasteiger partial charge < -0.3 is 21.2 Å². The van der Waals surface area contributed by atoms with Crippen LogP contribution < -0.4 is 16.4 Å².